The van der Waals surface area contributed by atoms with Gasteiger partial charge in [0.05, 0.1) is 7.11 Å². The van der Waals surface area contributed by atoms with Crippen LogP contribution in [0, 0.1) is 16.7 Å². The van der Waals surface area contributed by atoms with Crippen molar-refractivity contribution in [3.05, 3.63) is 52.7 Å². The lowest BCUT2D eigenvalue weighted by atomic mass is 9.77. The summed E-state index contributed by atoms with van der Waals surface area (Å²) in [6.07, 6.45) is 8.72. The third-order valence-corrected chi connectivity index (χ3v) is 7.27. The fraction of sp³-hybridized carbons (Fsp3) is 0.500. The van der Waals surface area contributed by atoms with Crippen LogP contribution in [0.1, 0.15) is 71.1 Å². The number of carbonyl (C=O) groups excluding carboxylic acids is 1. The molecule has 0 radical (unpaired) electrons. The van der Waals surface area contributed by atoms with E-state index in [1.54, 1.807) is 14.0 Å². The predicted molar refractivity (Wildman–Crippen MR) is 151 cm³/mol. The Balaban J connectivity index is 2.61. The van der Waals surface area contributed by atoms with Gasteiger partial charge in [-0.3, -0.25) is 4.79 Å². The monoisotopic (exact) mass is 509 g/mol. The van der Waals surface area contributed by atoms with Crippen LogP contribution in [-0.4, -0.2) is 49.3 Å². The van der Waals surface area contributed by atoms with Crippen molar-refractivity contribution in [1.29, 1.82) is 5.41 Å². The number of benzene rings is 1. The zero-order valence-corrected chi connectivity index (χ0v) is 23.3. The van der Waals surface area contributed by atoms with Crippen molar-refractivity contribution in [3.63, 3.8) is 0 Å². The number of carboxylic acids is 1. The quantitative estimate of drug-likeness (QED) is 0.140. The van der Waals surface area contributed by atoms with E-state index in [-0.39, 0.29) is 11.0 Å². The first kappa shape index (κ1) is 30.0. The van der Waals surface area contributed by atoms with Crippen LogP contribution in [0.15, 0.2) is 36.1 Å². The Hall–Kier alpha value is -3.19. The number of ether oxygens (including phenoxy) is 1. The van der Waals surface area contributed by atoms with E-state index in [0.717, 1.165) is 49.0 Å². The molecule has 0 bridgehead atoms. The molecule has 1 atom stereocenters. The molecular weight excluding hydrogens is 466 g/mol. The van der Waals surface area contributed by atoms with Gasteiger partial charge in [0.1, 0.15) is 11.3 Å². The maximum absolute atomic E-state index is 12.7. The van der Waals surface area contributed by atoms with Gasteiger partial charge in [-0.05, 0) is 92.4 Å². The minimum Gasteiger partial charge on any atom is -0.496 e. The molecule has 0 aliphatic carbocycles. The number of rotatable bonds is 11. The second-order valence-corrected chi connectivity index (χ2v) is 10.8. The van der Waals surface area contributed by atoms with E-state index in [2.05, 4.69) is 38.3 Å². The van der Waals surface area contributed by atoms with E-state index in [1.165, 1.54) is 18.4 Å². The number of methoxy groups -OCH3 is 1. The van der Waals surface area contributed by atoms with Gasteiger partial charge in [-0.25, -0.2) is 4.79 Å². The first-order valence-electron chi connectivity index (χ1n) is 12.9. The van der Waals surface area contributed by atoms with Crippen LogP contribution in [0.5, 0.6) is 5.75 Å². The Morgan fingerprint density at radius 3 is 2.41 bits per heavy atom. The van der Waals surface area contributed by atoms with Gasteiger partial charge in [-0.15, -0.1) is 0 Å². The largest absolute Gasteiger partial charge is 0.496 e. The molecule has 7 nitrogen and oxygen atoms in total. The number of carboxylic acid groups (broad SMARTS) is 1. The van der Waals surface area contributed by atoms with Gasteiger partial charge in [0, 0.05) is 29.6 Å². The van der Waals surface area contributed by atoms with Crippen LogP contribution < -0.4 is 15.4 Å². The van der Waals surface area contributed by atoms with Gasteiger partial charge in [-0.1, -0.05) is 33.8 Å². The predicted octanol–water partition coefficient (Wildman–Crippen LogP) is 5.26. The summed E-state index contributed by atoms with van der Waals surface area (Å²) in [7, 11) is 1.59. The van der Waals surface area contributed by atoms with E-state index in [1.807, 2.05) is 25.3 Å². The topological polar surface area (TPSA) is 112 Å². The summed E-state index contributed by atoms with van der Waals surface area (Å²) in [6, 6.07) is 4.30. The highest BCUT2D eigenvalue weighted by Crippen LogP contribution is 2.36. The van der Waals surface area contributed by atoms with Gasteiger partial charge >= 0.3 is 5.97 Å². The molecule has 1 fully saturated rings. The lowest BCUT2D eigenvalue weighted by molar-refractivity contribution is -0.134. The Kier molecular flexibility index (Phi) is 10.9. The Bertz CT molecular complexity index is 1090. The highest BCUT2D eigenvalue weighted by molar-refractivity contribution is 6.22. The lowest BCUT2D eigenvalue weighted by Crippen LogP contribution is -2.37. The highest BCUT2D eigenvalue weighted by atomic mass is 16.5. The summed E-state index contributed by atoms with van der Waals surface area (Å²) in [5, 5.41) is 24.3. The van der Waals surface area contributed by atoms with E-state index >= 15 is 0 Å². The fourth-order valence-electron chi connectivity index (χ4n) is 4.31. The molecular formula is C30H43N3O4. The average molecular weight is 510 g/mol. The SMILES string of the molecule is C/C=C(/C(=O)O)C(=O)/C=C(\C)c1cc(OC)c(/C(C=N)=C/NC2CCNCC2)cc1CC(C)C(C)(C)C. The van der Waals surface area contributed by atoms with E-state index < -0.39 is 11.8 Å². The van der Waals surface area contributed by atoms with E-state index in [4.69, 9.17) is 10.1 Å². The number of piperidine rings is 1. The molecule has 37 heavy (non-hydrogen) atoms. The zero-order valence-electron chi connectivity index (χ0n) is 23.3. The lowest BCUT2D eigenvalue weighted by Gasteiger charge is -2.29. The van der Waals surface area contributed by atoms with Crippen molar-refractivity contribution in [2.24, 2.45) is 11.3 Å². The fourth-order valence-corrected chi connectivity index (χ4v) is 4.31. The van der Waals surface area contributed by atoms with Crippen molar-refractivity contribution in [3.8, 4) is 5.75 Å². The maximum Gasteiger partial charge on any atom is 0.339 e. The van der Waals surface area contributed by atoms with Crippen LogP contribution in [0.25, 0.3) is 11.1 Å². The molecule has 0 amide bonds. The summed E-state index contributed by atoms with van der Waals surface area (Å²) in [6.45, 7) is 14.1. The molecule has 0 aromatic heterocycles. The highest BCUT2D eigenvalue weighted by Gasteiger charge is 2.24. The second kappa shape index (κ2) is 13.4. The number of ketones is 1. The summed E-state index contributed by atoms with van der Waals surface area (Å²) in [4.78, 5) is 24.2. The number of carbonyl (C=O) groups is 2. The van der Waals surface area contributed by atoms with Crippen LogP contribution >= 0.6 is 0 Å². The smallest absolute Gasteiger partial charge is 0.339 e. The first-order chi connectivity index (χ1) is 17.4. The summed E-state index contributed by atoms with van der Waals surface area (Å²) >= 11 is 0. The van der Waals surface area contributed by atoms with Gasteiger partial charge in [-0.2, -0.15) is 0 Å². The minimum absolute atomic E-state index is 0.0585. The van der Waals surface area contributed by atoms with Crippen molar-refractivity contribution in [2.75, 3.05) is 20.2 Å². The third-order valence-electron chi connectivity index (χ3n) is 7.27. The second-order valence-electron chi connectivity index (χ2n) is 10.8. The molecule has 7 heteroatoms. The van der Waals surface area contributed by atoms with Gasteiger partial charge < -0.3 is 25.9 Å². The molecule has 1 aromatic carbocycles. The molecule has 1 saturated heterocycles. The Morgan fingerprint density at radius 2 is 1.89 bits per heavy atom. The number of aliphatic carboxylic acids is 1. The van der Waals surface area contributed by atoms with Crippen LogP contribution in [0.2, 0.25) is 0 Å². The normalized spacial score (nSPS) is 16.8. The number of hydrogen-bond acceptors (Lipinski definition) is 6. The molecule has 2 rings (SSSR count). The van der Waals surface area contributed by atoms with Crippen molar-refractivity contribution in [1.82, 2.24) is 10.6 Å². The standard InChI is InChI=1S/C30H43N3O4/c1-8-24(29(35)36)27(34)13-19(2)25-16-28(37-7)26(15-21(25)14-20(3)30(4,5)6)22(17-31)18-33-23-9-11-32-12-10-23/h8,13,15-18,20,23,31-33H,9-12,14H2,1-7H3,(H,35,36)/b19-13+,22-18+,24-8+,31-17?. The van der Waals surface area contributed by atoms with Gasteiger partial charge in [0.2, 0.25) is 0 Å². The number of nitrogens with one attached hydrogen (secondary N) is 3. The third kappa shape index (κ3) is 8.15. The molecule has 202 valence electrons. The molecule has 1 aliphatic heterocycles. The molecule has 0 saturated carbocycles. The maximum atomic E-state index is 12.7. The Morgan fingerprint density at radius 1 is 1.24 bits per heavy atom. The van der Waals surface area contributed by atoms with Crippen LogP contribution in [-0.2, 0) is 16.0 Å². The van der Waals surface area contributed by atoms with Gasteiger partial charge in [0.25, 0.3) is 0 Å². The van der Waals surface area contributed by atoms with Crippen molar-refractivity contribution >= 4 is 29.1 Å². The molecule has 1 aromatic rings. The molecule has 1 aliphatic rings. The molecule has 4 N–H and O–H groups in total. The van der Waals surface area contributed by atoms with Gasteiger partial charge in [0.15, 0.2) is 5.78 Å². The minimum atomic E-state index is -1.24. The number of hydrogen-bond donors (Lipinski definition) is 4. The Labute approximate surface area is 221 Å². The molecule has 1 unspecified atom stereocenters. The van der Waals surface area contributed by atoms with E-state index in [0.29, 0.717) is 28.9 Å². The van der Waals surface area contributed by atoms with Crippen LogP contribution in [0.3, 0.4) is 0 Å². The number of allylic oxidation sites excluding steroid dienone is 4. The van der Waals surface area contributed by atoms with E-state index in [9.17, 15) is 14.7 Å². The molecule has 1 heterocycles. The van der Waals surface area contributed by atoms with Crippen molar-refractivity contribution in [2.45, 2.75) is 66.8 Å². The van der Waals surface area contributed by atoms with Crippen molar-refractivity contribution < 1.29 is 19.4 Å². The first-order valence-corrected chi connectivity index (χ1v) is 12.9. The summed E-state index contributed by atoms with van der Waals surface area (Å²) < 4.78 is 5.75. The zero-order chi connectivity index (χ0) is 27.8. The molecule has 0 spiro atoms. The average Bonchev–Trinajstić information content (AvgIpc) is 2.84. The van der Waals surface area contributed by atoms with Crippen LogP contribution in [0.4, 0.5) is 0 Å². The summed E-state index contributed by atoms with van der Waals surface area (Å²) in [5.41, 5.74) is 3.84. The summed E-state index contributed by atoms with van der Waals surface area (Å²) in [5.74, 6) is -0.875.